The largest absolute Gasteiger partial charge is 0.418 e. The lowest BCUT2D eigenvalue weighted by atomic mass is 10.0. The van der Waals surface area contributed by atoms with Crippen LogP contribution in [0.5, 0.6) is 0 Å². The van der Waals surface area contributed by atoms with Crippen molar-refractivity contribution in [2.24, 2.45) is 0 Å². The third kappa shape index (κ3) is 8.36. The molecule has 47 heavy (non-hydrogen) atoms. The molecule has 0 aromatic heterocycles. The number of piperidine rings is 2. The van der Waals surface area contributed by atoms with Crippen LogP contribution in [0.3, 0.4) is 0 Å². The Labute approximate surface area is 269 Å². The molecule has 23 nitrogen and oxygen atoms in total. The third-order valence-electron chi connectivity index (χ3n) is 8.29. The molecule has 0 aromatic rings. The highest BCUT2D eigenvalue weighted by Gasteiger charge is 2.51. The van der Waals surface area contributed by atoms with Crippen molar-refractivity contribution in [2.75, 3.05) is 52.5 Å². The van der Waals surface area contributed by atoms with Crippen molar-refractivity contribution < 1.29 is 58.5 Å². The highest BCUT2D eigenvalue weighted by molar-refractivity contribution is 7.81. The van der Waals surface area contributed by atoms with Crippen molar-refractivity contribution >= 4 is 50.6 Å². The minimum absolute atomic E-state index is 0.0991. The molecule has 0 spiro atoms. The summed E-state index contributed by atoms with van der Waals surface area (Å²) in [6, 6.07) is -4.14. The van der Waals surface area contributed by atoms with Crippen molar-refractivity contribution in [3.63, 3.8) is 0 Å². The number of nitrogens with one attached hydrogen (secondary N) is 4. The minimum Gasteiger partial charge on any atom is -0.309 e. The summed E-state index contributed by atoms with van der Waals surface area (Å²) in [4.78, 5) is 63.3. The number of rotatable bonds is 8. The van der Waals surface area contributed by atoms with Gasteiger partial charge >= 0.3 is 32.9 Å². The Morgan fingerprint density at radius 1 is 0.745 bits per heavy atom. The molecule has 0 aliphatic carbocycles. The molecule has 0 radical (unpaired) electrons. The molecule has 7 amide bonds. The fourth-order valence-electron chi connectivity index (χ4n) is 6.15. The molecular weight excluding hydrogens is 676 g/mol. The molecule has 25 heteroatoms. The molecule has 6 heterocycles. The van der Waals surface area contributed by atoms with Gasteiger partial charge in [-0.3, -0.25) is 39.3 Å². The summed E-state index contributed by atoms with van der Waals surface area (Å²) in [5.74, 6) is -1.12. The number of hydroxylamine groups is 4. The number of fused-ring (bicyclic) bond motifs is 4. The van der Waals surface area contributed by atoms with Gasteiger partial charge in [0, 0.05) is 26.2 Å². The van der Waals surface area contributed by atoms with E-state index in [4.69, 9.17) is 9.11 Å². The Morgan fingerprint density at radius 2 is 1.28 bits per heavy atom. The minimum atomic E-state index is -4.83. The highest BCUT2D eigenvalue weighted by atomic mass is 32.3. The molecule has 6 saturated heterocycles. The first-order chi connectivity index (χ1) is 22.1. The first-order valence-electron chi connectivity index (χ1n) is 14.7. The Hall–Kier alpha value is -3.43. The van der Waals surface area contributed by atoms with E-state index < -0.39 is 62.9 Å². The maximum absolute atomic E-state index is 12.4. The van der Waals surface area contributed by atoms with Crippen LogP contribution < -0.4 is 21.5 Å². The molecule has 4 atom stereocenters. The zero-order chi connectivity index (χ0) is 34.1. The van der Waals surface area contributed by atoms with E-state index in [0.29, 0.717) is 49.1 Å². The molecule has 0 aromatic carbocycles. The van der Waals surface area contributed by atoms with Crippen LogP contribution in [-0.4, -0.2) is 162 Å². The van der Waals surface area contributed by atoms with Crippen LogP contribution >= 0.6 is 0 Å². The van der Waals surface area contributed by atoms with Crippen molar-refractivity contribution in [1.29, 1.82) is 0 Å². The summed E-state index contributed by atoms with van der Waals surface area (Å²) < 4.78 is 69.4. The molecule has 6 rings (SSSR count). The Kier molecular flexibility index (Phi) is 10.4. The number of carbonyl (C=O) groups is 5. The Morgan fingerprint density at radius 3 is 1.74 bits per heavy atom. The first kappa shape index (κ1) is 34.9. The maximum atomic E-state index is 12.4. The van der Waals surface area contributed by atoms with Gasteiger partial charge in [-0.05, 0) is 38.6 Å². The molecule has 264 valence electrons. The van der Waals surface area contributed by atoms with Crippen LogP contribution in [0.4, 0.5) is 9.59 Å². The van der Waals surface area contributed by atoms with Crippen LogP contribution in [0.2, 0.25) is 0 Å². The second kappa shape index (κ2) is 14.0. The van der Waals surface area contributed by atoms with Gasteiger partial charge in [-0.1, -0.05) is 0 Å². The lowest BCUT2D eigenvalue weighted by molar-refractivity contribution is -0.144. The first-order valence-corrected chi connectivity index (χ1v) is 17.5. The predicted octanol–water partition coefficient (Wildman–Crippen LogP) is -4.27. The average Bonchev–Trinajstić information content (AvgIpc) is 3.37. The van der Waals surface area contributed by atoms with Gasteiger partial charge in [0.05, 0.1) is 31.8 Å². The van der Waals surface area contributed by atoms with E-state index in [9.17, 15) is 40.8 Å². The van der Waals surface area contributed by atoms with Crippen molar-refractivity contribution in [3.8, 4) is 0 Å². The monoisotopic (exact) mass is 712 g/mol. The van der Waals surface area contributed by atoms with E-state index in [1.165, 1.54) is 14.8 Å². The van der Waals surface area contributed by atoms with Crippen molar-refractivity contribution in [2.45, 2.75) is 56.3 Å². The molecule has 6 aliphatic rings. The smallest absolute Gasteiger partial charge is 0.309 e. The lowest BCUT2D eigenvalue weighted by Gasteiger charge is -2.33. The van der Waals surface area contributed by atoms with E-state index in [1.54, 1.807) is 5.01 Å². The van der Waals surface area contributed by atoms with E-state index in [1.807, 2.05) is 0 Å². The molecule has 6 fully saturated rings. The van der Waals surface area contributed by atoms with Gasteiger partial charge in [0.25, 0.3) is 17.7 Å². The number of nitrogens with zero attached hydrogens (tertiary/aromatic N) is 6. The summed E-state index contributed by atoms with van der Waals surface area (Å²) in [6.45, 7) is 3.40. The number of urea groups is 2. The van der Waals surface area contributed by atoms with E-state index in [-0.39, 0.29) is 37.9 Å². The van der Waals surface area contributed by atoms with Gasteiger partial charge in [-0.25, -0.2) is 14.6 Å². The van der Waals surface area contributed by atoms with Crippen LogP contribution in [0.25, 0.3) is 0 Å². The summed E-state index contributed by atoms with van der Waals surface area (Å²) in [6.07, 6.45) is 2.33. The quantitative estimate of drug-likeness (QED) is 0.130. The molecule has 0 unspecified atom stereocenters. The number of carbonyl (C=O) groups excluding carboxylic acids is 5. The summed E-state index contributed by atoms with van der Waals surface area (Å²) in [5, 5.41) is 10.1. The van der Waals surface area contributed by atoms with Gasteiger partial charge in [-0.2, -0.15) is 27.0 Å². The third-order valence-corrected chi connectivity index (χ3v) is 8.99. The van der Waals surface area contributed by atoms with Gasteiger partial charge in [-0.15, -0.1) is 8.57 Å². The number of hydrogen-bond donors (Lipinski definition) is 6. The summed E-state index contributed by atoms with van der Waals surface area (Å²) in [7, 11) is -9.61. The fourth-order valence-corrected chi connectivity index (χ4v) is 6.93. The molecule has 6 N–H and O–H groups in total. The standard InChI is InChI=1S/C11H17N5O7S.C11H19N5O6S/c17-9-5-12-3-4-15(9)13-10(18)8-2-1-7-6-14(8)11(19)16(7)23-24(20,21)22;17-10(13-14-5-1-4-12-7-14)9-3-2-8-6-15(9)11(18)16(8)22-23(19,20)21/h7-8,12H,1-6H2,(H,13,18)(H,20,21,22);8-9,12H,1-7H2,(H,13,17)(H,19,20,21)/t7-,8+;8-,9+/m11/s1. The predicted molar refractivity (Wildman–Crippen MR) is 152 cm³/mol. The van der Waals surface area contributed by atoms with Crippen molar-refractivity contribution in [3.05, 3.63) is 0 Å². The lowest BCUT2D eigenvalue weighted by Crippen LogP contribution is -2.60. The second-order valence-corrected chi connectivity index (χ2v) is 13.5. The maximum Gasteiger partial charge on any atom is 0.418 e. The summed E-state index contributed by atoms with van der Waals surface area (Å²) in [5.41, 5.74) is 5.25. The Balaban J connectivity index is 0.000000185. The molecule has 4 bridgehead atoms. The van der Waals surface area contributed by atoms with Crippen LogP contribution in [-0.2, 0) is 43.7 Å². The molecule has 0 saturated carbocycles. The van der Waals surface area contributed by atoms with Crippen LogP contribution in [0.1, 0.15) is 32.1 Å². The number of amides is 7. The normalized spacial score (nSPS) is 28.3. The molecular formula is C22H36N10O13S2. The van der Waals surface area contributed by atoms with Crippen molar-refractivity contribution in [1.82, 2.24) is 51.4 Å². The zero-order valence-corrected chi connectivity index (χ0v) is 26.5. The van der Waals surface area contributed by atoms with E-state index in [0.717, 1.165) is 19.5 Å². The van der Waals surface area contributed by atoms with E-state index in [2.05, 4.69) is 30.1 Å². The van der Waals surface area contributed by atoms with Gasteiger partial charge in [0.15, 0.2) is 0 Å². The number of hydrazine groups is 2. The topological polar surface area (TPSA) is 280 Å². The fraction of sp³-hybridized carbons (Fsp3) is 0.773. The van der Waals surface area contributed by atoms with Crippen LogP contribution in [0, 0.1) is 0 Å². The summed E-state index contributed by atoms with van der Waals surface area (Å²) >= 11 is 0. The average molecular weight is 713 g/mol. The zero-order valence-electron chi connectivity index (χ0n) is 24.9. The SMILES string of the molecule is O=C(NN1CCCNC1)[C@@H]1CC[C@@H]2CN1C(=O)N2OS(=O)(=O)O.O=C(NN1CCNCC1=O)[C@@H]1CC[C@@H]2CN1C(=O)N2OS(=O)(=O)O. The number of piperazine rings is 1. The van der Waals surface area contributed by atoms with Gasteiger partial charge in [0.1, 0.15) is 12.1 Å². The molecule has 6 aliphatic heterocycles. The van der Waals surface area contributed by atoms with Crippen LogP contribution in [0.15, 0.2) is 0 Å². The van der Waals surface area contributed by atoms with Gasteiger partial charge < -0.3 is 20.4 Å². The highest BCUT2D eigenvalue weighted by Crippen LogP contribution is 2.32. The van der Waals surface area contributed by atoms with Gasteiger partial charge in [0.2, 0.25) is 0 Å². The Bertz CT molecular complexity index is 1480. The number of hydrogen-bond acceptors (Lipinski definition) is 14. The second-order valence-electron chi connectivity index (χ2n) is 11.5. The van der Waals surface area contributed by atoms with E-state index >= 15 is 0 Å².